The highest BCUT2D eigenvalue weighted by Gasteiger charge is 2.32. The summed E-state index contributed by atoms with van der Waals surface area (Å²) in [5.74, 6) is -0.960. The molecular weight excluding hydrogens is 600 g/mol. The van der Waals surface area contributed by atoms with Crippen LogP contribution in [0.2, 0.25) is 0 Å². The number of hydrogen-bond acceptors (Lipinski definition) is 11. The normalized spacial score (nSPS) is 16.5. The third-order valence-corrected chi connectivity index (χ3v) is 7.64. The second kappa shape index (κ2) is 13.5. The lowest BCUT2D eigenvalue weighted by molar-refractivity contribution is -0.708. The second-order valence-corrected chi connectivity index (χ2v) is 11.0. The number of hydrazone groups is 1. The Morgan fingerprint density at radius 1 is 0.935 bits per heavy atom. The van der Waals surface area contributed by atoms with Crippen molar-refractivity contribution >= 4 is 28.7 Å². The van der Waals surface area contributed by atoms with E-state index in [2.05, 4.69) is 10.4 Å². The number of ether oxygens (including phenoxy) is 1. The molecule has 0 saturated carbocycles. The van der Waals surface area contributed by atoms with Crippen molar-refractivity contribution in [1.82, 2.24) is 10.0 Å². The van der Waals surface area contributed by atoms with Crippen LogP contribution in [0.25, 0.3) is 0 Å². The SMILES string of the molecule is CC(=O)N1N=C(c2cccc(Oc3cc(O/N=[N+](\[O-])N4CCCCC4)c([N+](=O)[O-])cc3[N+](=O)[O-])c2)CC1c1ccc(N(C)C)cc1. The van der Waals surface area contributed by atoms with Gasteiger partial charge in [-0.3, -0.25) is 29.9 Å². The molecule has 0 spiro atoms. The van der Waals surface area contributed by atoms with Crippen molar-refractivity contribution in [2.24, 2.45) is 10.4 Å². The lowest BCUT2D eigenvalue weighted by atomic mass is 9.98. The molecule has 46 heavy (non-hydrogen) atoms. The van der Waals surface area contributed by atoms with Gasteiger partial charge in [0.15, 0.2) is 0 Å². The highest BCUT2D eigenvalue weighted by molar-refractivity contribution is 6.03. The number of rotatable bonds is 10. The lowest BCUT2D eigenvalue weighted by Gasteiger charge is -2.21. The fourth-order valence-corrected chi connectivity index (χ4v) is 5.25. The van der Waals surface area contributed by atoms with Crippen LogP contribution in [-0.4, -0.2) is 63.6 Å². The first-order valence-corrected chi connectivity index (χ1v) is 14.5. The highest BCUT2D eigenvalue weighted by Crippen LogP contribution is 2.42. The van der Waals surface area contributed by atoms with E-state index < -0.39 is 27.0 Å². The Bertz CT molecular complexity index is 1700. The minimum atomic E-state index is -0.873. The molecule has 0 aliphatic carbocycles. The van der Waals surface area contributed by atoms with Crippen molar-refractivity contribution in [2.75, 3.05) is 32.1 Å². The Morgan fingerprint density at radius 2 is 1.61 bits per heavy atom. The predicted octanol–water partition coefficient (Wildman–Crippen LogP) is 5.72. The molecule has 16 nitrogen and oxygen atoms in total. The number of nitro groups is 2. The molecule has 2 heterocycles. The van der Waals surface area contributed by atoms with E-state index in [4.69, 9.17) is 9.57 Å². The molecule has 0 N–H and O–H groups in total. The van der Waals surface area contributed by atoms with Gasteiger partial charge in [0.05, 0.1) is 39.7 Å². The smallest absolute Gasteiger partial charge is 0.321 e. The van der Waals surface area contributed by atoms with Crippen LogP contribution in [0, 0.1) is 25.4 Å². The summed E-state index contributed by atoms with van der Waals surface area (Å²) in [5.41, 5.74) is 1.66. The number of anilines is 1. The van der Waals surface area contributed by atoms with Crippen molar-refractivity contribution in [2.45, 2.75) is 38.6 Å². The van der Waals surface area contributed by atoms with E-state index in [1.54, 1.807) is 24.3 Å². The quantitative estimate of drug-likeness (QED) is 0.116. The van der Waals surface area contributed by atoms with E-state index >= 15 is 0 Å². The van der Waals surface area contributed by atoms with E-state index in [1.165, 1.54) is 16.9 Å². The van der Waals surface area contributed by atoms with Crippen LogP contribution in [0.3, 0.4) is 0 Å². The van der Waals surface area contributed by atoms with E-state index in [0.29, 0.717) is 36.9 Å². The Morgan fingerprint density at radius 3 is 2.24 bits per heavy atom. The molecule has 2 aliphatic heterocycles. The molecule has 1 unspecified atom stereocenters. The van der Waals surface area contributed by atoms with Crippen molar-refractivity contribution in [3.63, 3.8) is 0 Å². The number of nitrogens with zero attached hydrogens (tertiary/aromatic N) is 8. The number of hydrogen-bond donors (Lipinski definition) is 0. The first kappa shape index (κ1) is 31.6. The van der Waals surface area contributed by atoms with Gasteiger partial charge in [0.2, 0.25) is 22.7 Å². The first-order chi connectivity index (χ1) is 22.0. The van der Waals surface area contributed by atoms with Crippen LogP contribution in [0.4, 0.5) is 17.1 Å². The van der Waals surface area contributed by atoms with Crippen LogP contribution in [-0.2, 0) is 4.79 Å². The van der Waals surface area contributed by atoms with Gasteiger partial charge in [0, 0.05) is 44.8 Å². The molecule has 16 heteroatoms. The molecule has 0 radical (unpaired) electrons. The van der Waals surface area contributed by atoms with Gasteiger partial charge in [-0.15, -0.1) is 5.01 Å². The Labute approximate surface area is 263 Å². The van der Waals surface area contributed by atoms with Crippen LogP contribution >= 0.6 is 0 Å². The predicted molar refractivity (Wildman–Crippen MR) is 166 cm³/mol. The van der Waals surface area contributed by atoms with Gasteiger partial charge in [-0.1, -0.05) is 24.3 Å². The average molecular weight is 633 g/mol. The van der Waals surface area contributed by atoms with Crippen LogP contribution < -0.4 is 14.5 Å². The summed E-state index contributed by atoms with van der Waals surface area (Å²) in [7, 11) is 3.88. The average Bonchev–Trinajstić information content (AvgIpc) is 3.50. The Kier molecular flexibility index (Phi) is 9.25. The minimum absolute atomic E-state index is 0.159. The van der Waals surface area contributed by atoms with Crippen LogP contribution in [0.15, 0.2) is 71.0 Å². The van der Waals surface area contributed by atoms with E-state index in [0.717, 1.165) is 36.6 Å². The van der Waals surface area contributed by atoms with Crippen LogP contribution in [0.5, 0.6) is 17.2 Å². The fourth-order valence-electron chi connectivity index (χ4n) is 5.25. The molecule has 5 rings (SSSR count). The molecule has 1 amide bonds. The Hall–Kier alpha value is -5.80. The molecule has 1 saturated heterocycles. The molecule has 1 fully saturated rings. The van der Waals surface area contributed by atoms with Crippen molar-refractivity contribution < 1.29 is 29.2 Å². The lowest BCUT2D eigenvalue weighted by Crippen LogP contribution is -2.35. The first-order valence-electron chi connectivity index (χ1n) is 14.5. The summed E-state index contributed by atoms with van der Waals surface area (Å²) < 4.78 is 5.86. The van der Waals surface area contributed by atoms with Gasteiger partial charge >= 0.3 is 11.4 Å². The largest absolute Gasteiger partial charge is 0.569 e. The zero-order valence-corrected chi connectivity index (χ0v) is 25.4. The van der Waals surface area contributed by atoms with E-state index in [1.807, 2.05) is 43.3 Å². The number of amides is 1. The summed E-state index contributed by atoms with van der Waals surface area (Å²) in [5, 5.41) is 46.8. The number of carbonyl (C=O) groups excluding carboxylic acids is 1. The van der Waals surface area contributed by atoms with Gasteiger partial charge in [0.25, 0.3) is 0 Å². The zero-order chi connectivity index (χ0) is 33.0. The Balaban J connectivity index is 1.42. The molecule has 2 aliphatic rings. The monoisotopic (exact) mass is 632 g/mol. The number of carbonyl (C=O) groups is 1. The molecular formula is C30H32N8O8. The third kappa shape index (κ3) is 6.95. The molecule has 3 aromatic rings. The van der Waals surface area contributed by atoms with Gasteiger partial charge in [-0.2, -0.15) is 5.10 Å². The number of hydrazine groups is 1. The maximum absolute atomic E-state index is 12.5. The zero-order valence-electron chi connectivity index (χ0n) is 25.4. The van der Waals surface area contributed by atoms with E-state index in [9.17, 15) is 30.2 Å². The maximum atomic E-state index is 12.5. The van der Waals surface area contributed by atoms with Crippen molar-refractivity contribution in [3.8, 4) is 17.2 Å². The topological polar surface area (TPSA) is 182 Å². The summed E-state index contributed by atoms with van der Waals surface area (Å²) >= 11 is 0. The number of nitro benzene ring substituents is 2. The fraction of sp³-hybridized carbons (Fsp3) is 0.333. The van der Waals surface area contributed by atoms with Crippen LogP contribution in [0.1, 0.15) is 49.8 Å². The minimum Gasteiger partial charge on any atom is -0.569 e. The van der Waals surface area contributed by atoms with Gasteiger partial charge in [0.1, 0.15) is 11.8 Å². The maximum Gasteiger partial charge on any atom is 0.321 e. The standard InChI is InChI=1S/C30H32N8O8/c1-20(39)35-26(21-10-12-23(13-11-21)33(2)3)17-25(31-35)22-8-7-9-24(16-22)45-29-19-30(28(37(42)43)18-27(29)36(40)41)46-32-38(44)34-14-5-4-6-15-34/h7-13,16,18-19,26H,4-6,14-15,17H2,1-3H3/b38-32-. The number of piperidine rings is 1. The van der Waals surface area contributed by atoms with Gasteiger partial charge in [-0.05, 0) is 49.1 Å². The third-order valence-electron chi connectivity index (χ3n) is 7.64. The summed E-state index contributed by atoms with van der Waals surface area (Å²) in [6, 6.07) is 15.7. The highest BCUT2D eigenvalue weighted by atomic mass is 16.7. The van der Waals surface area contributed by atoms with Crippen molar-refractivity contribution in [1.29, 1.82) is 0 Å². The van der Waals surface area contributed by atoms with Crippen molar-refractivity contribution in [3.05, 3.63) is 97.2 Å². The van der Waals surface area contributed by atoms with Gasteiger partial charge < -0.3 is 14.8 Å². The second-order valence-electron chi connectivity index (χ2n) is 11.0. The summed E-state index contributed by atoms with van der Waals surface area (Å²) in [6.07, 6.45) is 2.94. The molecule has 1 atom stereocenters. The molecule has 0 aromatic heterocycles. The molecule has 0 bridgehead atoms. The summed E-state index contributed by atoms with van der Waals surface area (Å²) in [6.45, 7) is 2.33. The van der Waals surface area contributed by atoms with Gasteiger partial charge in [-0.25, -0.2) is 5.01 Å². The molecule has 240 valence electrons. The van der Waals surface area contributed by atoms with E-state index in [-0.39, 0.29) is 28.4 Å². The number of benzene rings is 3. The molecule has 3 aromatic carbocycles. The summed E-state index contributed by atoms with van der Waals surface area (Å²) in [4.78, 5) is 41.8.